The van der Waals surface area contributed by atoms with Crippen LogP contribution >= 0.6 is 0 Å². The second-order valence-corrected chi connectivity index (χ2v) is 4.43. The van der Waals surface area contributed by atoms with Crippen LogP contribution in [0.1, 0.15) is 37.8 Å². The number of benzene rings is 1. The quantitative estimate of drug-likeness (QED) is 0.768. The van der Waals surface area contributed by atoms with Gasteiger partial charge >= 0.3 is 0 Å². The molecule has 0 bridgehead atoms. The molecule has 2 nitrogen and oxygen atoms in total. The molecule has 0 spiro atoms. The molecule has 0 radical (unpaired) electrons. The van der Waals surface area contributed by atoms with Crippen LogP contribution in [0.25, 0.3) is 0 Å². The molecule has 2 N–H and O–H groups in total. The topological polar surface area (TPSA) is 35.2 Å². The Hall–Kier alpha value is -0.860. The first-order valence-corrected chi connectivity index (χ1v) is 6.12. The Labute approximate surface area is 98.8 Å². The fraction of sp³-hybridized carbons (Fsp3) is 0.571. The minimum atomic E-state index is 0.597. The van der Waals surface area contributed by atoms with Crippen LogP contribution in [0.4, 0.5) is 0 Å². The fourth-order valence-electron chi connectivity index (χ4n) is 1.80. The van der Waals surface area contributed by atoms with Gasteiger partial charge in [-0.15, -0.1) is 0 Å². The predicted molar refractivity (Wildman–Crippen MR) is 68.1 cm³/mol. The molecular formula is C14H23NO. The summed E-state index contributed by atoms with van der Waals surface area (Å²) in [5.41, 5.74) is 7.98. The molecule has 90 valence electrons. The van der Waals surface area contributed by atoms with E-state index < -0.39 is 0 Å². The third-order valence-corrected chi connectivity index (χ3v) is 2.68. The van der Waals surface area contributed by atoms with Gasteiger partial charge in [-0.3, -0.25) is 0 Å². The predicted octanol–water partition coefficient (Wildman–Crippen LogP) is 3.10. The number of hydrogen-bond acceptors (Lipinski definition) is 2. The first-order chi connectivity index (χ1) is 7.76. The Kier molecular flexibility index (Phi) is 6.12. The third kappa shape index (κ3) is 4.77. The molecule has 0 fully saturated rings. The van der Waals surface area contributed by atoms with Crippen LogP contribution in [-0.2, 0) is 17.9 Å². The summed E-state index contributed by atoms with van der Waals surface area (Å²) < 4.78 is 5.69. The maximum absolute atomic E-state index is 5.69. The van der Waals surface area contributed by atoms with Crippen molar-refractivity contribution in [1.29, 1.82) is 0 Å². The van der Waals surface area contributed by atoms with Gasteiger partial charge < -0.3 is 10.5 Å². The average molecular weight is 221 g/mol. The lowest BCUT2D eigenvalue weighted by molar-refractivity contribution is 0.0893. The number of rotatable bonds is 7. The van der Waals surface area contributed by atoms with E-state index in [2.05, 4.69) is 26.0 Å². The molecule has 1 rings (SSSR count). The molecule has 1 unspecified atom stereocenters. The summed E-state index contributed by atoms with van der Waals surface area (Å²) in [4.78, 5) is 0. The maximum Gasteiger partial charge on any atom is 0.0717 e. The Morgan fingerprint density at radius 2 is 2.06 bits per heavy atom. The van der Waals surface area contributed by atoms with E-state index in [1.54, 1.807) is 0 Å². The highest BCUT2D eigenvalue weighted by Gasteiger charge is 2.01. The van der Waals surface area contributed by atoms with Crippen molar-refractivity contribution < 1.29 is 4.74 Å². The highest BCUT2D eigenvalue weighted by atomic mass is 16.5. The van der Waals surface area contributed by atoms with E-state index in [0.29, 0.717) is 19.1 Å². The van der Waals surface area contributed by atoms with E-state index in [4.69, 9.17) is 10.5 Å². The van der Waals surface area contributed by atoms with Crippen LogP contribution in [-0.4, -0.2) is 6.61 Å². The van der Waals surface area contributed by atoms with Crippen molar-refractivity contribution in [1.82, 2.24) is 0 Å². The number of nitrogens with two attached hydrogens (primary N) is 1. The van der Waals surface area contributed by atoms with Crippen molar-refractivity contribution in [2.75, 3.05) is 6.61 Å². The minimum absolute atomic E-state index is 0.597. The van der Waals surface area contributed by atoms with Gasteiger partial charge in [0.15, 0.2) is 0 Å². The van der Waals surface area contributed by atoms with Gasteiger partial charge in [0, 0.05) is 13.2 Å². The van der Waals surface area contributed by atoms with Crippen LogP contribution < -0.4 is 5.73 Å². The molecule has 0 aliphatic carbocycles. The lowest BCUT2D eigenvalue weighted by Gasteiger charge is -2.11. The van der Waals surface area contributed by atoms with Gasteiger partial charge in [0.2, 0.25) is 0 Å². The van der Waals surface area contributed by atoms with Gasteiger partial charge in [-0.05, 0) is 23.5 Å². The lowest BCUT2D eigenvalue weighted by atomic mass is 10.1. The van der Waals surface area contributed by atoms with Gasteiger partial charge in [0.1, 0.15) is 0 Å². The van der Waals surface area contributed by atoms with E-state index in [1.165, 1.54) is 24.0 Å². The van der Waals surface area contributed by atoms with E-state index in [-0.39, 0.29) is 0 Å². The van der Waals surface area contributed by atoms with Crippen molar-refractivity contribution in [2.45, 2.75) is 39.8 Å². The fourth-order valence-corrected chi connectivity index (χ4v) is 1.80. The zero-order valence-electron chi connectivity index (χ0n) is 10.4. The lowest BCUT2D eigenvalue weighted by Crippen LogP contribution is -2.06. The summed E-state index contributed by atoms with van der Waals surface area (Å²) in [6, 6.07) is 8.29. The molecule has 0 heterocycles. The van der Waals surface area contributed by atoms with Crippen molar-refractivity contribution in [3.63, 3.8) is 0 Å². The summed E-state index contributed by atoms with van der Waals surface area (Å²) in [5, 5.41) is 0. The Bertz CT molecular complexity index is 299. The first-order valence-electron chi connectivity index (χ1n) is 6.12. The first kappa shape index (κ1) is 13.2. The largest absolute Gasteiger partial charge is 0.376 e. The molecule has 0 amide bonds. The summed E-state index contributed by atoms with van der Waals surface area (Å²) >= 11 is 0. The summed E-state index contributed by atoms with van der Waals surface area (Å²) in [7, 11) is 0. The zero-order chi connectivity index (χ0) is 11.8. The van der Waals surface area contributed by atoms with E-state index in [9.17, 15) is 0 Å². The molecule has 0 aromatic heterocycles. The molecule has 1 aromatic rings. The molecule has 16 heavy (non-hydrogen) atoms. The normalized spacial score (nSPS) is 12.7. The van der Waals surface area contributed by atoms with Gasteiger partial charge in [0.05, 0.1) is 6.61 Å². The Morgan fingerprint density at radius 3 is 2.75 bits per heavy atom. The van der Waals surface area contributed by atoms with Crippen LogP contribution in [0.15, 0.2) is 24.3 Å². The SMILES string of the molecule is CCCC(C)COCc1cccc(CN)c1. The molecular weight excluding hydrogens is 198 g/mol. The summed E-state index contributed by atoms with van der Waals surface area (Å²) in [5.74, 6) is 0.655. The second kappa shape index (κ2) is 7.42. The smallest absolute Gasteiger partial charge is 0.0717 e. The zero-order valence-corrected chi connectivity index (χ0v) is 10.4. The highest BCUT2D eigenvalue weighted by Crippen LogP contribution is 2.09. The van der Waals surface area contributed by atoms with Gasteiger partial charge in [-0.2, -0.15) is 0 Å². The van der Waals surface area contributed by atoms with Gasteiger partial charge in [0.25, 0.3) is 0 Å². The van der Waals surface area contributed by atoms with E-state index in [0.717, 1.165) is 6.61 Å². The van der Waals surface area contributed by atoms with Crippen molar-refractivity contribution in [2.24, 2.45) is 11.7 Å². The molecule has 1 atom stereocenters. The molecule has 0 saturated heterocycles. The third-order valence-electron chi connectivity index (χ3n) is 2.68. The van der Waals surface area contributed by atoms with Crippen LogP contribution in [0.3, 0.4) is 0 Å². The molecule has 1 aromatic carbocycles. The molecule has 2 heteroatoms. The van der Waals surface area contributed by atoms with Crippen molar-refractivity contribution in [3.8, 4) is 0 Å². The Balaban J connectivity index is 2.31. The number of hydrogen-bond donors (Lipinski definition) is 1. The van der Waals surface area contributed by atoms with Crippen molar-refractivity contribution in [3.05, 3.63) is 35.4 Å². The van der Waals surface area contributed by atoms with Crippen LogP contribution in [0.2, 0.25) is 0 Å². The second-order valence-electron chi connectivity index (χ2n) is 4.43. The summed E-state index contributed by atoms with van der Waals surface area (Å²) in [6.45, 7) is 6.59. The maximum atomic E-state index is 5.69. The minimum Gasteiger partial charge on any atom is -0.376 e. The number of ether oxygens (including phenoxy) is 1. The Morgan fingerprint density at radius 1 is 1.31 bits per heavy atom. The van der Waals surface area contributed by atoms with Gasteiger partial charge in [-0.1, -0.05) is 44.5 Å². The average Bonchev–Trinajstić information content (AvgIpc) is 2.30. The van der Waals surface area contributed by atoms with E-state index in [1.807, 2.05) is 12.1 Å². The molecule has 0 aliphatic heterocycles. The van der Waals surface area contributed by atoms with Gasteiger partial charge in [-0.25, -0.2) is 0 Å². The van der Waals surface area contributed by atoms with Crippen LogP contribution in [0, 0.1) is 5.92 Å². The molecule has 0 aliphatic rings. The standard InChI is InChI=1S/C14H23NO/c1-3-5-12(2)10-16-11-14-7-4-6-13(8-14)9-15/h4,6-8,12H,3,5,9-11,15H2,1-2H3. The van der Waals surface area contributed by atoms with Crippen LogP contribution in [0.5, 0.6) is 0 Å². The highest BCUT2D eigenvalue weighted by molar-refractivity contribution is 5.22. The summed E-state index contributed by atoms with van der Waals surface area (Å²) in [6.07, 6.45) is 2.47. The molecule has 0 saturated carbocycles. The monoisotopic (exact) mass is 221 g/mol. The van der Waals surface area contributed by atoms with E-state index >= 15 is 0 Å². The van der Waals surface area contributed by atoms with Crippen molar-refractivity contribution >= 4 is 0 Å².